The summed E-state index contributed by atoms with van der Waals surface area (Å²) in [5.74, 6) is -0.592. The lowest BCUT2D eigenvalue weighted by Crippen LogP contribution is -2.44. The van der Waals surface area contributed by atoms with Gasteiger partial charge in [0.05, 0.1) is 11.4 Å². The number of hydrogen-bond acceptors (Lipinski definition) is 4. The molecule has 0 aliphatic carbocycles. The quantitative estimate of drug-likeness (QED) is 0.607. The SMILES string of the molecule is C=CCN(CC(=O)NC(CC)CC)S(=O)(=O)c1ccc(NC(C)=O)cc1. The van der Waals surface area contributed by atoms with Crippen molar-refractivity contribution >= 4 is 27.5 Å². The van der Waals surface area contributed by atoms with Crippen LogP contribution in [0.3, 0.4) is 0 Å². The number of nitrogens with zero attached hydrogens (tertiary/aromatic N) is 1. The van der Waals surface area contributed by atoms with Crippen LogP contribution in [0.4, 0.5) is 5.69 Å². The number of nitrogens with one attached hydrogen (secondary N) is 2. The topological polar surface area (TPSA) is 95.6 Å². The molecular formula is C18H27N3O4S. The van der Waals surface area contributed by atoms with Crippen molar-refractivity contribution in [2.75, 3.05) is 18.4 Å². The summed E-state index contributed by atoms with van der Waals surface area (Å²) in [5, 5.41) is 5.41. The molecule has 8 heteroatoms. The molecule has 0 saturated heterocycles. The van der Waals surface area contributed by atoms with Crippen LogP contribution in [-0.4, -0.2) is 43.7 Å². The van der Waals surface area contributed by atoms with Crippen LogP contribution in [0.1, 0.15) is 33.6 Å². The predicted octanol–water partition coefficient (Wildman–Crippen LogP) is 2.13. The molecule has 7 nitrogen and oxygen atoms in total. The highest BCUT2D eigenvalue weighted by atomic mass is 32.2. The monoisotopic (exact) mass is 381 g/mol. The van der Waals surface area contributed by atoms with Gasteiger partial charge >= 0.3 is 0 Å². The van der Waals surface area contributed by atoms with Gasteiger partial charge in [-0.25, -0.2) is 8.42 Å². The van der Waals surface area contributed by atoms with Crippen LogP contribution in [-0.2, 0) is 19.6 Å². The molecule has 2 amide bonds. The zero-order valence-corrected chi connectivity index (χ0v) is 16.3. The predicted molar refractivity (Wildman–Crippen MR) is 102 cm³/mol. The lowest BCUT2D eigenvalue weighted by Gasteiger charge is -2.22. The molecule has 0 fully saturated rings. The molecule has 0 atom stereocenters. The number of carbonyl (C=O) groups excluding carboxylic acids is 2. The zero-order valence-electron chi connectivity index (χ0n) is 15.5. The normalized spacial score (nSPS) is 11.4. The summed E-state index contributed by atoms with van der Waals surface area (Å²) in [6.07, 6.45) is 3.00. The van der Waals surface area contributed by atoms with Gasteiger partial charge in [0.2, 0.25) is 21.8 Å². The van der Waals surface area contributed by atoms with Gasteiger partial charge in [0, 0.05) is 25.2 Å². The van der Waals surface area contributed by atoms with Crippen LogP contribution >= 0.6 is 0 Å². The Morgan fingerprint density at radius 1 is 1.19 bits per heavy atom. The van der Waals surface area contributed by atoms with E-state index in [1.54, 1.807) is 0 Å². The first-order valence-electron chi connectivity index (χ1n) is 8.52. The van der Waals surface area contributed by atoms with Crippen molar-refractivity contribution in [3.63, 3.8) is 0 Å². The van der Waals surface area contributed by atoms with Crippen molar-refractivity contribution in [2.45, 2.75) is 44.6 Å². The van der Waals surface area contributed by atoms with Gasteiger partial charge in [-0.15, -0.1) is 6.58 Å². The highest BCUT2D eigenvalue weighted by Crippen LogP contribution is 2.18. The first-order valence-corrected chi connectivity index (χ1v) is 9.96. The molecule has 0 bridgehead atoms. The standard InChI is InChI=1S/C18H27N3O4S/c1-5-12-21(13-18(23)20-15(6-2)7-3)26(24,25)17-10-8-16(9-11-17)19-14(4)22/h5,8-11,15H,1,6-7,12-13H2,2-4H3,(H,19,22)(H,20,23). The minimum Gasteiger partial charge on any atom is -0.352 e. The van der Waals surface area contributed by atoms with Crippen molar-refractivity contribution in [2.24, 2.45) is 0 Å². The number of rotatable bonds is 10. The summed E-state index contributed by atoms with van der Waals surface area (Å²) >= 11 is 0. The van der Waals surface area contributed by atoms with E-state index < -0.39 is 10.0 Å². The van der Waals surface area contributed by atoms with Crippen molar-refractivity contribution in [3.8, 4) is 0 Å². The maximum absolute atomic E-state index is 12.8. The Hall–Kier alpha value is -2.19. The molecule has 1 rings (SSSR count). The average molecular weight is 381 g/mol. The Kier molecular flexibility index (Phi) is 8.47. The van der Waals surface area contributed by atoms with E-state index in [1.807, 2.05) is 13.8 Å². The van der Waals surface area contributed by atoms with Gasteiger partial charge in [-0.3, -0.25) is 9.59 Å². The molecule has 0 heterocycles. The van der Waals surface area contributed by atoms with Gasteiger partial charge in [0.25, 0.3) is 0 Å². The van der Waals surface area contributed by atoms with E-state index >= 15 is 0 Å². The third kappa shape index (κ3) is 6.27. The number of benzene rings is 1. The second-order valence-electron chi connectivity index (χ2n) is 5.87. The summed E-state index contributed by atoms with van der Waals surface area (Å²) in [5.41, 5.74) is 0.498. The van der Waals surface area contributed by atoms with Gasteiger partial charge < -0.3 is 10.6 Å². The third-order valence-electron chi connectivity index (χ3n) is 3.82. The number of carbonyl (C=O) groups is 2. The number of hydrogen-bond donors (Lipinski definition) is 2. The minimum absolute atomic E-state index is 0.0200. The summed E-state index contributed by atoms with van der Waals surface area (Å²) < 4.78 is 26.7. The Morgan fingerprint density at radius 3 is 2.23 bits per heavy atom. The molecule has 0 unspecified atom stereocenters. The van der Waals surface area contributed by atoms with Gasteiger partial charge in [0.15, 0.2) is 0 Å². The number of anilines is 1. The molecule has 144 valence electrons. The maximum Gasteiger partial charge on any atom is 0.243 e. The lowest BCUT2D eigenvalue weighted by molar-refractivity contribution is -0.122. The van der Waals surface area contributed by atoms with Crippen molar-refractivity contribution in [1.29, 1.82) is 0 Å². The Balaban J connectivity index is 2.97. The van der Waals surface area contributed by atoms with E-state index in [4.69, 9.17) is 0 Å². The minimum atomic E-state index is -3.86. The van der Waals surface area contributed by atoms with Crippen LogP contribution in [0.15, 0.2) is 41.8 Å². The van der Waals surface area contributed by atoms with Crippen molar-refractivity contribution < 1.29 is 18.0 Å². The van der Waals surface area contributed by atoms with Crippen molar-refractivity contribution in [1.82, 2.24) is 9.62 Å². The van der Waals surface area contributed by atoms with Crippen LogP contribution in [0.5, 0.6) is 0 Å². The summed E-state index contributed by atoms with van der Waals surface area (Å²) in [4.78, 5) is 23.3. The molecule has 1 aromatic carbocycles. The zero-order chi connectivity index (χ0) is 19.7. The van der Waals surface area contributed by atoms with Crippen LogP contribution in [0.2, 0.25) is 0 Å². The van der Waals surface area contributed by atoms with E-state index in [2.05, 4.69) is 17.2 Å². The summed E-state index contributed by atoms with van der Waals surface area (Å²) in [7, 11) is -3.86. The van der Waals surface area contributed by atoms with E-state index in [-0.39, 0.29) is 35.8 Å². The number of sulfonamides is 1. The highest BCUT2D eigenvalue weighted by Gasteiger charge is 2.26. The van der Waals surface area contributed by atoms with E-state index in [0.717, 1.165) is 17.1 Å². The first-order chi connectivity index (χ1) is 12.2. The van der Waals surface area contributed by atoms with Crippen LogP contribution < -0.4 is 10.6 Å². The highest BCUT2D eigenvalue weighted by molar-refractivity contribution is 7.89. The Morgan fingerprint density at radius 2 is 1.77 bits per heavy atom. The molecule has 0 radical (unpaired) electrons. The molecule has 0 saturated carbocycles. The second-order valence-corrected chi connectivity index (χ2v) is 7.81. The molecule has 0 spiro atoms. The maximum atomic E-state index is 12.8. The fourth-order valence-electron chi connectivity index (χ4n) is 2.38. The smallest absolute Gasteiger partial charge is 0.243 e. The molecule has 0 aliphatic heterocycles. The molecule has 0 aromatic heterocycles. The van der Waals surface area contributed by atoms with E-state index in [0.29, 0.717) is 5.69 Å². The Labute approximate surface area is 155 Å². The van der Waals surface area contributed by atoms with Gasteiger partial charge in [0.1, 0.15) is 0 Å². The Bertz CT molecular complexity index is 725. The fourth-order valence-corrected chi connectivity index (χ4v) is 3.75. The molecule has 1 aromatic rings. The summed E-state index contributed by atoms with van der Waals surface area (Å²) in [6.45, 7) is 8.60. The number of amides is 2. The van der Waals surface area contributed by atoms with Gasteiger partial charge in [-0.2, -0.15) is 4.31 Å². The van der Waals surface area contributed by atoms with Gasteiger partial charge in [-0.1, -0.05) is 19.9 Å². The third-order valence-corrected chi connectivity index (χ3v) is 5.64. The molecule has 26 heavy (non-hydrogen) atoms. The van der Waals surface area contributed by atoms with Crippen LogP contribution in [0, 0.1) is 0 Å². The van der Waals surface area contributed by atoms with Gasteiger partial charge in [-0.05, 0) is 37.1 Å². The fraction of sp³-hybridized carbons (Fsp3) is 0.444. The largest absolute Gasteiger partial charge is 0.352 e. The molecule has 0 aliphatic rings. The summed E-state index contributed by atoms with van der Waals surface area (Å²) in [6, 6.07) is 5.83. The van der Waals surface area contributed by atoms with E-state index in [9.17, 15) is 18.0 Å². The van der Waals surface area contributed by atoms with Crippen molar-refractivity contribution in [3.05, 3.63) is 36.9 Å². The second kappa shape index (κ2) is 10.1. The molecular weight excluding hydrogens is 354 g/mol. The average Bonchev–Trinajstić information content (AvgIpc) is 2.59. The first kappa shape index (κ1) is 21.9. The van der Waals surface area contributed by atoms with E-state index in [1.165, 1.54) is 37.3 Å². The molecule has 2 N–H and O–H groups in total. The van der Waals surface area contributed by atoms with Crippen LogP contribution in [0.25, 0.3) is 0 Å². The lowest BCUT2D eigenvalue weighted by atomic mass is 10.2.